The summed E-state index contributed by atoms with van der Waals surface area (Å²) >= 11 is 1.78. The summed E-state index contributed by atoms with van der Waals surface area (Å²) in [5.41, 5.74) is 1.12. The smallest absolute Gasteiger partial charge is 0.0923 e. The summed E-state index contributed by atoms with van der Waals surface area (Å²) in [4.78, 5) is 6.92. The van der Waals surface area contributed by atoms with E-state index < -0.39 is 0 Å². The van der Waals surface area contributed by atoms with Gasteiger partial charge in [0, 0.05) is 11.9 Å². The average Bonchev–Trinajstić information content (AvgIpc) is 2.19. The molecule has 0 atom stereocenters. The molecule has 0 radical (unpaired) electrons. The third-order valence-electron chi connectivity index (χ3n) is 0.847. The molecular formula is C5H8N2S. The fourth-order valence-electron chi connectivity index (χ4n) is 0.518. The lowest BCUT2D eigenvalue weighted by Crippen LogP contribution is -1.74. The molecule has 1 aromatic rings. The molecule has 0 aliphatic carbocycles. The van der Waals surface area contributed by atoms with E-state index in [1.807, 2.05) is 6.20 Å². The topological polar surface area (TPSA) is 28.7 Å². The zero-order valence-electron chi connectivity index (χ0n) is 4.72. The molecule has 44 valence electrons. The lowest BCUT2D eigenvalue weighted by molar-refractivity contribution is 1.23. The Bertz CT molecular complexity index is 136. The van der Waals surface area contributed by atoms with Gasteiger partial charge in [-0.1, -0.05) is 0 Å². The highest BCUT2D eigenvalue weighted by Gasteiger charge is 1.88. The van der Waals surface area contributed by atoms with Crippen molar-refractivity contribution < 1.29 is 0 Å². The normalized spacial score (nSPS) is 9.62. The van der Waals surface area contributed by atoms with Crippen LogP contribution in [0.3, 0.4) is 0 Å². The molecule has 8 heavy (non-hydrogen) atoms. The van der Waals surface area contributed by atoms with Gasteiger partial charge in [0.25, 0.3) is 0 Å². The third-order valence-corrected chi connectivity index (χ3v) is 1.43. The Labute approximate surface area is 52.7 Å². The van der Waals surface area contributed by atoms with E-state index in [0.29, 0.717) is 0 Å². The summed E-state index contributed by atoms with van der Waals surface area (Å²) < 4.78 is 0. The number of hydrogen-bond acceptors (Lipinski definition) is 2. The zero-order chi connectivity index (χ0) is 5.82. The highest BCUT2D eigenvalue weighted by Crippen LogP contribution is 2.02. The van der Waals surface area contributed by atoms with Gasteiger partial charge >= 0.3 is 0 Å². The van der Waals surface area contributed by atoms with Crippen LogP contribution in [0.1, 0.15) is 5.69 Å². The van der Waals surface area contributed by atoms with Gasteiger partial charge < -0.3 is 4.98 Å². The highest BCUT2D eigenvalue weighted by molar-refractivity contribution is 7.97. The van der Waals surface area contributed by atoms with Gasteiger partial charge in [-0.2, -0.15) is 11.8 Å². The van der Waals surface area contributed by atoms with Crippen LogP contribution in [0.15, 0.2) is 12.5 Å². The van der Waals surface area contributed by atoms with E-state index in [2.05, 4.69) is 16.2 Å². The average molecular weight is 128 g/mol. The summed E-state index contributed by atoms with van der Waals surface area (Å²) in [6.45, 7) is 0. The SMILES string of the molecule is CSCc1c[nH]cn1. The van der Waals surface area contributed by atoms with Crippen LogP contribution in [-0.2, 0) is 5.75 Å². The number of rotatable bonds is 2. The Morgan fingerprint density at radius 1 is 1.88 bits per heavy atom. The molecule has 0 fully saturated rings. The monoisotopic (exact) mass is 128 g/mol. The predicted octanol–water partition coefficient (Wildman–Crippen LogP) is 1.27. The van der Waals surface area contributed by atoms with Crippen molar-refractivity contribution in [1.82, 2.24) is 9.97 Å². The molecule has 0 aliphatic rings. The van der Waals surface area contributed by atoms with Gasteiger partial charge in [-0.25, -0.2) is 4.98 Å². The van der Waals surface area contributed by atoms with E-state index in [1.54, 1.807) is 18.1 Å². The van der Waals surface area contributed by atoms with Crippen molar-refractivity contribution in [3.8, 4) is 0 Å². The summed E-state index contributed by atoms with van der Waals surface area (Å²) in [5.74, 6) is 1.00. The first-order valence-corrected chi connectivity index (χ1v) is 3.79. The quantitative estimate of drug-likeness (QED) is 0.649. The summed E-state index contributed by atoms with van der Waals surface area (Å²) in [6.07, 6.45) is 5.68. The van der Waals surface area contributed by atoms with Crippen molar-refractivity contribution in [2.75, 3.05) is 6.26 Å². The summed E-state index contributed by atoms with van der Waals surface area (Å²) in [5, 5.41) is 0. The Morgan fingerprint density at radius 2 is 2.75 bits per heavy atom. The minimum absolute atomic E-state index is 1.00. The molecule has 0 unspecified atom stereocenters. The minimum Gasteiger partial charge on any atom is -0.351 e. The van der Waals surface area contributed by atoms with Crippen molar-refractivity contribution in [3.63, 3.8) is 0 Å². The second-order valence-corrected chi connectivity index (χ2v) is 2.36. The van der Waals surface area contributed by atoms with Crippen LogP contribution in [-0.4, -0.2) is 16.2 Å². The van der Waals surface area contributed by atoms with E-state index in [-0.39, 0.29) is 0 Å². The molecule has 1 N–H and O–H groups in total. The second kappa shape index (κ2) is 2.77. The Morgan fingerprint density at radius 3 is 3.25 bits per heavy atom. The van der Waals surface area contributed by atoms with Crippen LogP contribution in [0.4, 0.5) is 0 Å². The number of hydrogen-bond donors (Lipinski definition) is 1. The molecule has 0 spiro atoms. The molecule has 0 saturated carbocycles. The zero-order valence-corrected chi connectivity index (χ0v) is 5.53. The molecule has 0 aliphatic heterocycles. The number of imidazole rings is 1. The molecule has 1 aromatic heterocycles. The molecule has 0 saturated heterocycles. The first-order valence-electron chi connectivity index (χ1n) is 2.40. The Kier molecular flexibility index (Phi) is 1.97. The van der Waals surface area contributed by atoms with Crippen LogP contribution in [0, 0.1) is 0 Å². The largest absolute Gasteiger partial charge is 0.351 e. The van der Waals surface area contributed by atoms with Crippen molar-refractivity contribution in [1.29, 1.82) is 0 Å². The van der Waals surface area contributed by atoms with E-state index in [1.165, 1.54) is 0 Å². The van der Waals surface area contributed by atoms with Gasteiger partial charge in [0.15, 0.2) is 0 Å². The van der Waals surface area contributed by atoms with E-state index in [0.717, 1.165) is 11.4 Å². The maximum absolute atomic E-state index is 4.03. The molecule has 1 rings (SSSR count). The number of thioether (sulfide) groups is 1. The Balaban J connectivity index is 2.50. The maximum atomic E-state index is 4.03. The lowest BCUT2D eigenvalue weighted by Gasteiger charge is -1.84. The van der Waals surface area contributed by atoms with Crippen LogP contribution >= 0.6 is 11.8 Å². The fraction of sp³-hybridized carbons (Fsp3) is 0.400. The maximum Gasteiger partial charge on any atom is 0.0923 e. The van der Waals surface area contributed by atoms with Gasteiger partial charge in [0.1, 0.15) is 0 Å². The second-order valence-electron chi connectivity index (χ2n) is 1.49. The molecule has 0 aromatic carbocycles. The lowest BCUT2D eigenvalue weighted by atomic mass is 10.6. The fourth-order valence-corrected chi connectivity index (χ4v) is 0.971. The van der Waals surface area contributed by atoms with Gasteiger partial charge in [-0.15, -0.1) is 0 Å². The van der Waals surface area contributed by atoms with E-state index in [9.17, 15) is 0 Å². The molecule has 2 nitrogen and oxygen atoms in total. The van der Waals surface area contributed by atoms with E-state index in [4.69, 9.17) is 0 Å². The highest BCUT2D eigenvalue weighted by atomic mass is 32.2. The van der Waals surface area contributed by atoms with Crippen LogP contribution in [0.2, 0.25) is 0 Å². The van der Waals surface area contributed by atoms with Crippen LogP contribution in [0.5, 0.6) is 0 Å². The standard InChI is InChI=1S/C5H8N2S/c1-8-3-5-2-6-4-7-5/h2,4H,3H2,1H3,(H,6,7). The Hall–Kier alpha value is -0.440. The predicted molar refractivity (Wildman–Crippen MR) is 35.8 cm³/mol. The van der Waals surface area contributed by atoms with Gasteiger partial charge in [-0.3, -0.25) is 0 Å². The summed E-state index contributed by atoms with van der Waals surface area (Å²) in [6, 6.07) is 0. The van der Waals surface area contributed by atoms with Crippen molar-refractivity contribution in [3.05, 3.63) is 18.2 Å². The molecular weight excluding hydrogens is 120 g/mol. The molecule has 3 heteroatoms. The first-order chi connectivity index (χ1) is 3.93. The van der Waals surface area contributed by atoms with Gasteiger partial charge in [-0.05, 0) is 6.26 Å². The first kappa shape index (κ1) is 5.69. The molecule has 1 heterocycles. The van der Waals surface area contributed by atoms with Crippen molar-refractivity contribution in [2.45, 2.75) is 5.75 Å². The number of aromatic nitrogens is 2. The summed E-state index contributed by atoms with van der Waals surface area (Å²) in [7, 11) is 0. The minimum atomic E-state index is 1.00. The number of nitrogens with one attached hydrogen (secondary N) is 1. The number of aromatic amines is 1. The van der Waals surface area contributed by atoms with Gasteiger partial charge in [0.05, 0.1) is 12.0 Å². The van der Waals surface area contributed by atoms with Crippen LogP contribution in [0.25, 0.3) is 0 Å². The van der Waals surface area contributed by atoms with Crippen molar-refractivity contribution in [2.24, 2.45) is 0 Å². The number of H-pyrrole nitrogens is 1. The van der Waals surface area contributed by atoms with Crippen LogP contribution < -0.4 is 0 Å². The van der Waals surface area contributed by atoms with Gasteiger partial charge in [0.2, 0.25) is 0 Å². The molecule has 0 bridgehead atoms. The number of nitrogens with zero attached hydrogens (tertiary/aromatic N) is 1. The molecule has 0 amide bonds. The third kappa shape index (κ3) is 1.26. The van der Waals surface area contributed by atoms with Crippen molar-refractivity contribution >= 4 is 11.8 Å². The van der Waals surface area contributed by atoms with E-state index >= 15 is 0 Å².